The second kappa shape index (κ2) is 11.5. The van der Waals surface area contributed by atoms with Crippen LogP contribution in [0.4, 0.5) is 15.9 Å². The highest BCUT2D eigenvalue weighted by Gasteiger charge is 2.36. The Morgan fingerprint density at radius 1 is 1.10 bits per heavy atom. The first-order valence-corrected chi connectivity index (χ1v) is 12.6. The Labute approximate surface area is 234 Å². The van der Waals surface area contributed by atoms with Crippen molar-refractivity contribution in [1.29, 1.82) is 0 Å². The Morgan fingerprint density at radius 3 is 2.65 bits per heavy atom. The second-order valence-electron chi connectivity index (χ2n) is 9.00. The van der Waals surface area contributed by atoms with Crippen molar-refractivity contribution in [2.24, 2.45) is 0 Å². The number of fused-ring (bicyclic) bond motifs is 1. The van der Waals surface area contributed by atoms with Crippen molar-refractivity contribution < 1.29 is 23.5 Å². The van der Waals surface area contributed by atoms with Gasteiger partial charge >= 0.3 is 0 Å². The molecule has 40 heavy (non-hydrogen) atoms. The summed E-state index contributed by atoms with van der Waals surface area (Å²) in [6.45, 7) is -0.0926. The molecule has 4 aromatic rings. The summed E-state index contributed by atoms with van der Waals surface area (Å²) in [5.41, 5.74) is 1.34. The minimum absolute atomic E-state index is 0.0926. The molecule has 1 aliphatic rings. The fraction of sp³-hybridized carbons (Fsp3) is 0.138. The van der Waals surface area contributed by atoms with Crippen molar-refractivity contribution in [3.8, 4) is 5.75 Å². The number of nitrogens with one attached hydrogen (secondary N) is 2. The largest absolute Gasteiger partial charge is 0.495 e. The first kappa shape index (κ1) is 26.8. The van der Waals surface area contributed by atoms with E-state index in [1.165, 1.54) is 54.6 Å². The van der Waals surface area contributed by atoms with E-state index in [1.807, 2.05) is 0 Å². The van der Waals surface area contributed by atoms with Crippen LogP contribution in [0.1, 0.15) is 32.0 Å². The highest BCUT2D eigenvalue weighted by atomic mass is 35.5. The monoisotopic (exact) mass is 559 g/mol. The lowest BCUT2D eigenvalue weighted by atomic mass is 10.0. The molecule has 11 heteroatoms. The number of methoxy groups -OCH3 is 1. The molecule has 2 aromatic heterocycles. The number of anilines is 2. The van der Waals surface area contributed by atoms with E-state index in [0.717, 1.165) is 0 Å². The number of aromatic nitrogens is 2. The summed E-state index contributed by atoms with van der Waals surface area (Å²) in [6, 6.07) is 16.2. The molecular weight excluding hydrogens is 537 g/mol. The Hall–Kier alpha value is -4.83. The van der Waals surface area contributed by atoms with Crippen molar-refractivity contribution in [1.82, 2.24) is 14.9 Å². The van der Waals surface area contributed by atoms with Gasteiger partial charge in [0.2, 0.25) is 5.91 Å². The molecule has 2 aromatic carbocycles. The third-order valence-corrected chi connectivity index (χ3v) is 6.62. The normalized spacial score (nSPS) is 14.7. The van der Waals surface area contributed by atoms with Gasteiger partial charge in [-0.3, -0.25) is 19.4 Å². The summed E-state index contributed by atoms with van der Waals surface area (Å²) in [4.78, 5) is 49.5. The van der Waals surface area contributed by atoms with Gasteiger partial charge in [0.15, 0.2) is 0 Å². The summed E-state index contributed by atoms with van der Waals surface area (Å²) >= 11 is 6.11. The van der Waals surface area contributed by atoms with Crippen molar-refractivity contribution in [2.45, 2.75) is 19.0 Å². The molecular formula is C29H23ClFN5O4. The van der Waals surface area contributed by atoms with Crippen molar-refractivity contribution in [2.75, 3.05) is 17.7 Å². The zero-order valence-corrected chi connectivity index (χ0v) is 22.0. The number of pyridine rings is 2. The van der Waals surface area contributed by atoms with Crippen LogP contribution >= 0.6 is 11.6 Å². The van der Waals surface area contributed by atoms with E-state index >= 15 is 4.39 Å². The molecule has 0 saturated heterocycles. The molecule has 0 unspecified atom stereocenters. The van der Waals surface area contributed by atoms with Gasteiger partial charge in [0.05, 0.1) is 30.1 Å². The number of rotatable bonds is 7. The summed E-state index contributed by atoms with van der Waals surface area (Å²) in [5.74, 6) is -1.60. The molecule has 3 amide bonds. The van der Waals surface area contributed by atoms with Crippen LogP contribution in [-0.2, 0) is 17.8 Å². The van der Waals surface area contributed by atoms with Crippen LogP contribution in [0.5, 0.6) is 5.75 Å². The fourth-order valence-electron chi connectivity index (χ4n) is 4.36. The van der Waals surface area contributed by atoms with Crippen LogP contribution in [-0.4, -0.2) is 45.7 Å². The summed E-state index contributed by atoms with van der Waals surface area (Å²) in [5, 5.41) is 5.70. The summed E-state index contributed by atoms with van der Waals surface area (Å²) in [7, 11) is 1.49. The molecule has 0 radical (unpaired) electrons. The standard InChI is InChI=1S/C29H23ClFN5O4/c1-40-20-7-10-26(33-15-20)35-27(37)21-8-5-17(12-23(21)31)16-36-25(14-19-4-2-3-11-32-19)28(38)34-24-13-18(30)6-9-22(24)29(36)39/h2-13,15,25H,14,16H2,1H3,(H,34,38)(H,33,35,37)/t25-/m1/s1. The van der Waals surface area contributed by atoms with Crippen molar-refractivity contribution >= 4 is 40.8 Å². The summed E-state index contributed by atoms with van der Waals surface area (Å²) in [6.07, 6.45) is 3.17. The van der Waals surface area contributed by atoms with E-state index in [9.17, 15) is 14.4 Å². The van der Waals surface area contributed by atoms with Gasteiger partial charge in [-0.05, 0) is 60.2 Å². The molecule has 1 aliphatic heterocycles. The first-order valence-electron chi connectivity index (χ1n) is 12.2. The molecule has 1 atom stereocenters. The average molecular weight is 560 g/mol. The van der Waals surface area contributed by atoms with Crippen molar-refractivity contribution in [3.63, 3.8) is 0 Å². The number of nitrogens with zero attached hydrogens (tertiary/aromatic N) is 3. The van der Waals surface area contributed by atoms with Crippen LogP contribution in [0.25, 0.3) is 0 Å². The molecule has 202 valence electrons. The van der Waals surface area contributed by atoms with Gasteiger partial charge in [-0.2, -0.15) is 0 Å². The van der Waals surface area contributed by atoms with Gasteiger partial charge in [-0.15, -0.1) is 0 Å². The third kappa shape index (κ3) is 5.76. The minimum atomic E-state index is -0.944. The number of amides is 3. The predicted octanol–water partition coefficient (Wildman–Crippen LogP) is 4.74. The highest BCUT2D eigenvalue weighted by Crippen LogP contribution is 2.29. The molecule has 3 heterocycles. The topological polar surface area (TPSA) is 114 Å². The maximum atomic E-state index is 15.1. The molecule has 0 bridgehead atoms. The number of carbonyl (C=O) groups is 3. The fourth-order valence-corrected chi connectivity index (χ4v) is 4.53. The number of hydrogen-bond acceptors (Lipinski definition) is 6. The number of hydrogen-bond donors (Lipinski definition) is 2. The molecule has 0 saturated carbocycles. The lowest BCUT2D eigenvalue weighted by molar-refractivity contribution is -0.120. The lowest BCUT2D eigenvalue weighted by Crippen LogP contribution is -2.46. The van der Waals surface area contributed by atoms with Gasteiger partial charge in [0.1, 0.15) is 23.4 Å². The van der Waals surface area contributed by atoms with Crippen LogP contribution in [0.2, 0.25) is 5.02 Å². The third-order valence-electron chi connectivity index (χ3n) is 6.38. The van der Waals surface area contributed by atoms with E-state index < -0.39 is 29.6 Å². The number of halogens is 2. The second-order valence-corrected chi connectivity index (χ2v) is 9.44. The molecule has 0 aliphatic carbocycles. The van der Waals surface area contributed by atoms with Gasteiger partial charge in [0.25, 0.3) is 11.8 Å². The maximum Gasteiger partial charge on any atom is 0.259 e. The van der Waals surface area contributed by atoms with Gasteiger partial charge in [-0.1, -0.05) is 23.7 Å². The van der Waals surface area contributed by atoms with Crippen LogP contribution in [0.3, 0.4) is 0 Å². The van der Waals surface area contributed by atoms with Gasteiger partial charge in [0, 0.05) is 29.9 Å². The number of ether oxygens (including phenoxy) is 1. The molecule has 0 fully saturated rings. The SMILES string of the molecule is COc1ccc(NC(=O)c2ccc(CN3C(=O)c4ccc(Cl)cc4NC(=O)[C@H]3Cc3ccccn3)cc2F)nc1. The van der Waals surface area contributed by atoms with E-state index in [0.29, 0.717) is 27.7 Å². The average Bonchev–Trinajstić information content (AvgIpc) is 3.03. The van der Waals surface area contributed by atoms with E-state index in [2.05, 4.69) is 20.6 Å². The minimum Gasteiger partial charge on any atom is -0.495 e. The lowest BCUT2D eigenvalue weighted by Gasteiger charge is -2.29. The first-order chi connectivity index (χ1) is 19.3. The number of benzene rings is 2. The van der Waals surface area contributed by atoms with Gasteiger partial charge in [-0.25, -0.2) is 9.37 Å². The molecule has 9 nitrogen and oxygen atoms in total. The van der Waals surface area contributed by atoms with Crippen LogP contribution in [0.15, 0.2) is 79.1 Å². The highest BCUT2D eigenvalue weighted by molar-refractivity contribution is 6.31. The molecule has 0 spiro atoms. The van der Waals surface area contributed by atoms with Crippen LogP contribution in [0, 0.1) is 5.82 Å². The number of carbonyl (C=O) groups excluding carboxylic acids is 3. The molecule has 2 N–H and O–H groups in total. The van der Waals surface area contributed by atoms with E-state index in [4.69, 9.17) is 16.3 Å². The van der Waals surface area contributed by atoms with Crippen molar-refractivity contribution in [3.05, 3.63) is 112 Å². The summed E-state index contributed by atoms with van der Waals surface area (Å²) < 4.78 is 20.2. The predicted molar refractivity (Wildman–Crippen MR) is 147 cm³/mol. The Bertz CT molecular complexity index is 1580. The molecule has 5 rings (SSSR count). The van der Waals surface area contributed by atoms with E-state index in [-0.39, 0.29) is 29.9 Å². The van der Waals surface area contributed by atoms with Crippen LogP contribution < -0.4 is 15.4 Å². The Morgan fingerprint density at radius 2 is 1.95 bits per heavy atom. The quantitative estimate of drug-likeness (QED) is 0.338. The zero-order chi connectivity index (χ0) is 28.2. The van der Waals surface area contributed by atoms with E-state index in [1.54, 1.807) is 36.5 Å². The zero-order valence-electron chi connectivity index (χ0n) is 21.2. The smallest absolute Gasteiger partial charge is 0.259 e. The maximum absolute atomic E-state index is 15.1. The van der Waals surface area contributed by atoms with Gasteiger partial charge < -0.3 is 20.3 Å². The Kier molecular flexibility index (Phi) is 7.70. The Balaban J connectivity index is 1.42.